The third kappa shape index (κ3) is 2.01. The molecule has 2 rings (SSSR count). The van der Waals surface area contributed by atoms with Crippen molar-refractivity contribution in [2.45, 2.75) is 0 Å². The number of anilines is 1. The summed E-state index contributed by atoms with van der Waals surface area (Å²) in [5.41, 5.74) is 1.40. The van der Waals surface area contributed by atoms with Crippen LogP contribution in [0.3, 0.4) is 0 Å². The van der Waals surface area contributed by atoms with E-state index < -0.39 is 0 Å². The average Bonchev–Trinajstić information content (AvgIpc) is 2.68. The molecule has 1 amide bonds. The summed E-state index contributed by atoms with van der Waals surface area (Å²) >= 11 is 0. The zero-order valence-electron chi connectivity index (χ0n) is 7.62. The fourth-order valence-corrected chi connectivity index (χ4v) is 1.21. The molecule has 2 N–H and O–H groups in total. The Kier molecular flexibility index (Phi) is 2.45. The first-order valence-electron chi connectivity index (χ1n) is 4.24. The van der Waals surface area contributed by atoms with E-state index in [1.165, 1.54) is 18.5 Å². The molecule has 2 aromatic rings. The molecule has 1 aromatic carbocycles. The number of amides is 1. The summed E-state index contributed by atoms with van der Waals surface area (Å²) < 4.78 is 12.6. The van der Waals surface area contributed by atoms with Crippen molar-refractivity contribution >= 4 is 12.2 Å². The molecule has 0 aliphatic rings. The highest BCUT2D eigenvalue weighted by Crippen LogP contribution is 2.19. The van der Waals surface area contributed by atoms with Gasteiger partial charge in [-0.25, -0.2) is 4.39 Å². The molecule has 0 saturated heterocycles. The molecular formula is C10H7FN3O. The van der Waals surface area contributed by atoms with Crippen LogP contribution >= 0.6 is 0 Å². The van der Waals surface area contributed by atoms with E-state index in [0.717, 1.165) is 5.56 Å². The first kappa shape index (κ1) is 9.39. The number of H-pyrrole nitrogens is 1. The van der Waals surface area contributed by atoms with Crippen LogP contribution in [-0.2, 0) is 4.79 Å². The van der Waals surface area contributed by atoms with Crippen LogP contribution in [0.4, 0.5) is 10.2 Å². The Morgan fingerprint density at radius 2 is 2.07 bits per heavy atom. The van der Waals surface area contributed by atoms with E-state index in [0.29, 0.717) is 11.5 Å². The Morgan fingerprint density at radius 1 is 1.33 bits per heavy atom. The molecule has 0 fully saturated rings. The number of hydrogen-bond donors (Lipinski definition) is 2. The standard InChI is InChI=1S/C10H7FN3O/c11-8-3-1-7(2-4-8)9-5-10(12-6-15)14-13-9/h1-5H,(H2,12,13,14,15). The predicted octanol–water partition coefficient (Wildman–Crippen LogP) is 1.69. The van der Waals surface area contributed by atoms with Crippen molar-refractivity contribution in [2.24, 2.45) is 0 Å². The Hall–Kier alpha value is -2.17. The molecule has 1 heterocycles. The van der Waals surface area contributed by atoms with Gasteiger partial charge in [0.2, 0.25) is 0 Å². The van der Waals surface area contributed by atoms with Crippen LogP contribution < -0.4 is 5.32 Å². The minimum absolute atomic E-state index is 0.297. The van der Waals surface area contributed by atoms with E-state index in [-0.39, 0.29) is 5.82 Å². The summed E-state index contributed by atoms with van der Waals surface area (Å²) in [7, 11) is 0. The summed E-state index contributed by atoms with van der Waals surface area (Å²) in [5, 5.41) is 8.86. The smallest absolute Gasteiger partial charge is 0.303 e. The van der Waals surface area contributed by atoms with Gasteiger partial charge in [-0.1, -0.05) is 0 Å². The van der Waals surface area contributed by atoms with Crippen LogP contribution in [0.5, 0.6) is 0 Å². The SMILES string of the molecule is O=[C]Nc1cc(-c2ccc(F)cc2)n[nH]1. The summed E-state index contributed by atoms with van der Waals surface area (Å²) in [6, 6.07) is 7.56. The maximum Gasteiger partial charge on any atom is 0.315 e. The number of carbonyl (C=O) groups excluding carboxylic acids is 1. The fraction of sp³-hybridized carbons (Fsp3) is 0. The lowest BCUT2D eigenvalue weighted by atomic mass is 10.1. The van der Waals surface area contributed by atoms with E-state index >= 15 is 0 Å². The maximum atomic E-state index is 12.6. The third-order valence-electron chi connectivity index (χ3n) is 1.90. The van der Waals surface area contributed by atoms with E-state index in [4.69, 9.17) is 0 Å². The molecule has 1 aromatic heterocycles. The van der Waals surface area contributed by atoms with Crippen molar-refractivity contribution in [1.82, 2.24) is 10.2 Å². The topological polar surface area (TPSA) is 57.8 Å². The molecule has 4 nitrogen and oxygen atoms in total. The highest BCUT2D eigenvalue weighted by molar-refractivity contribution is 5.72. The predicted molar refractivity (Wildman–Crippen MR) is 53.3 cm³/mol. The lowest BCUT2D eigenvalue weighted by Crippen LogP contribution is -1.92. The molecule has 0 saturated carbocycles. The molecule has 15 heavy (non-hydrogen) atoms. The Morgan fingerprint density at radius 3 is 2.73 bits per heavy atom. The highest BCUT2D eigenvalue weighted by Gasteiger charge is 2.03. The van der Waals surface area contributed by atoms with Gasteiger partial charge in [-0.3, -0.25) is 9.89 Å². The van der Waals surface area contributed by atoms with E-state index in [1.54, 1.807) is 18.2 Å². The van der Waals surface area contributed by atoms with Gasteiger partial charge in [-0.15, -0.1) is 0 Å². The molecule has 1 radical (unpaired) electrons. The maximum absolute atomic E-state index is 12.6. The van der Waals surface area contributed by atoms with Gasteiger partial charge in [-0.2, -0.15) is 5.10 Å². The van der Waals surface area contributed by atoms with Crippen molar-refractivity contribution in [3.8, 4) is 11.3 Å². The van der Waals surface area contributed by atoms with Crippen LogP contribution in [0.15, 0.2) is 30.3 Å². The van der Waals surface area contributed by atoms with Crippen LogP contribution in [0.2, 0.25) is 0 Å². The molecule has 0 unspecified atom stereocenters. The van der Waals surface area contributed by atoms with Crippen LogP contribution in [0, 0.1) is 5.82 Å². The molecule has 0 spiro atoms. The molecule has 0 aliphatic carbocycles. The van der Waals surface area contributed by atoms with Crippen molar-refractivity contribution in [1.29, 1.82) is 0 Å². The van der Waals surface area contributed by atoms with Gasteiger partial charge in [0.25, 0.3) is 0 Å². The van der Waals surface area contributed by atoms with Gasteiger partial charge in [0.05, 0.1) is 5.69 Å². The van der Waals surface area contributed by atoms with Gasteiger partial charge in [0, 0.05) is 11.6 Å². The van der Waals surface area contributed by atoms with Crippen molar-refractivity contribution < 1.29 is 9.18 Å². The van der Waals surface area contributed by atoms with Crippen LogP contribution in [0.1, 0.15) is 0 Å². The van der Waals surface area contributed by atoms with E-state index in [9.17, 15) is 9.18 Å². The number of aromatic amines is 1. The van der Waals surface area contributed by atoms with Crippen LogP contribution in [-0.4, -0.2) is 16.6 Å². The number of aromatic nitrogens is 2. The third-order valence-corrected chi connectivity index (χ3v) is 1.90. The monoisotopic (exact) mass is 204 g/mol. The van der Waals surface area contributed by atoms with E-state index in [2.05, 4.69) is 15.5 Å². The van der Waals surface area contributed by atoms with Crippen molar-refractivity contribution in [3.63, 3.8) is 0 Å². The zero-order valence-corrected chi connectivity index (χ0v) is 7.62. The Balaban J connectivity index is 2.28. The number of nitrogens with one attached hydrogen (secondary N) is 2. The molecule has 75 valence electrons. The minimum atomic E-state index is -0.297. The number of hydrogen-bond acceptors (Lipinski definition) is 2. The first-order chi connectivity index (χ1) is 7.29. The summed E-state index contributed by atoms with van der Waals surface area (Å²) in [5.74, 6) is 0.151. The number of nitrogens with zero attached hydrogens (tertiary/aromatic N) is 1. The second kappa shape index (κ2) is 3.91. The van der Waals surface area contributed by atoms with Gasteiger partial charge in [0.1, 0.15) is 11.6 Å². The number of rotatable bonds is 3. The van der Waals surface area contributed by atoms with Gasteiger partial charge in [-0.05, 0) is 24.3 Å². The lowest BCUT2D eigenvalue weighted by Gasteiger charge is -1.94. The van der Waals surface area contributed by atoms with Crippen molar-refractivity contribution in [2.75, 3.05) is 5.32 Å². The average molecular weight is 204 g/mol. The molecule has 0 aliphatic heterocycles. The second-order valence-corrected chi connectivity index (χ2v) is 2.90. The zero-order chi connectivity index (χ0) is 10.7. The van der Waals surface area contributed by atoms with Gasteiger partial charge >= 0.3 is 6.41 Å². The van der Waals surface area contributed by atoms with Crippen molar-refractivity contribution in [3.05, 3.63) is 36.1 Å². The second-order valence-electron chi connectivity index (χ2n) is 2.90. The molecule has 0 atom stereocenters. The lowest BCUT2D eigenvalue weighted by molar-refractivity contribution is 0.561. The summed E-state index contributed by atoms with van der Waals surface area (Å²) in [6.45, 7) is 0. The first-order valence-corrected chi connectivity index (χ1v) is 4.24. The molecule has 5 heteroatoms. The largest absolute Gasteiger partial charge is 0.315 e. The number of halogens is 1. The molecule has 0 bridgehead atoms. The molecular weight excluding hydrogens is 197 g/mol. The number of benzene rings is 1. The quantitative estimate of drug-likeness (QED) is 0.747. The van der Waals surface area contributed by atoms with Crippen LogP contribution in [0.25, 0.3) is 11.3 Å². The summed E-state index contributed by atoms with van der Waals surface area (Å²) in [4.78, 5) is 10.0. The Bertz CT molecular complexity index is 464. The Labute approximate surface area is 85.1 Å². The van der Waals surface area contributed by atoms with Gasteiger partial charge in [0.15, 0.2) is 0 Å². The minimum Gasteiger partial charge on any atom is -0.303 e. The van der Waals surface area contributed by atoms with Gasteiger partial charge < -0.3 is 5.32 Å². The fourth-order valence-electron chi connectivity index (χ4n) is 1.21. The summed E-state index contributed by atoms with van der Waals surface area (Å²) in [6.07, 6.45) is 1.53. The van der Waals surface area contributed by atoms with E-state index in [1.807, 2.05) is 0 Å². The normalized spacial score (nSPS) is 9.93. The highest BCUT2D eigenvalue weighted by atomic mass is 19.1.